The van der Waals surface area contributed by atoms with Gasteiger partial charge in [-0.25, -0.2) is 4.79 Å². The molecule has 4 rings (SSSR count). The van der Waals surface area contributed by atoms with Gasteiger partial charge in [-0.15, -0.1) is 0 Å². The number of primary amides is 1. The molecule has 4 bridgehead atoms. The van der Waals surface area contributed by atoms with Gasteiger partial charge in [0.05, 0.1) is 23.6 Å². The average Bonchev–Trinajstić information content (AvgIpc) is 2.97. The lowest BCUT2D eigenvalue weighted by molar-refractivity contribution is -0.182. The van der Waals surface area contributed by atoms with E-state index in [4.69, 9.17) is 24.7 Å². The molecule has 0 saturated carbocycles. The van der Waals surface area contributed by atoms with Crippen LogP contribution in [-0.2, 0) is 33.3 Å². The summed E-state index contributed by atoms with van der Waals surface area (Å²) in [5, 5.41) is 16.8. The number of hydrogen-bond acceptors (Lipinski definition) is 11. The Labute approximate surface area is 264 Å². The summed E-state index contributed by atoms with van der Waals surface area (Å²) < 4.78 is 22.8. The number of amides is 2. The van der Waals surface area contributed by atoms with E-state index >= 15 is 0 Å². The number of nitrogens with one attached hydrogen (secondary N) is 2. The summed E-state index contributed by atoms with van der Waals surface area (Å²) in [5.41, 5.74) is 6.20. The zero-order chi connectivity index (χ0) is 33.4. The van der Waals surface area contributed by atoms with Crippen molar-refractivity contribution in [2.24, 2.45) is 17.6 Å². The normalized spacial score (nSPS) is 32.0. The Bertz CT molecular complexity index is 1300. The maximum absolute atomic E-state index is 13.8. The standard InChI is InChI=1S/C32H46N4O9/c1-17-13-20-26(34-11-12-36(4)5)23(37)16-22(27(20)38)35-30(39)18(2)9-8-10-24(42-6)29(45-32(33)41)21-15-19(3)28(44-31(21)40)25(14-17)43-7/h8-10,15-17,19,24-25,28-29,31,34,40H,11-14H2,1-7H3,(H2,33,41)(H,35,39)/b10-8-,18-9+/t17-,19?,24+,25+,28?,29+,31?/m1/s1. The highest BCUT2D eigenvalue weighted by Crippen LogP contribution is 2.34. The quantitative estimate of drug-likeness (QED) is 0.235. The van der Waals surface area contributed by atoms with Gasteiger partial charge < -0.3 is 45.3 Å². The first-order chi connectivity index (χ1) is 21.3. The highest BCUT2D eigenvalue weighted by Gasteiger charge is 2.41. The fourth-order valence-corrected chi connectivity index (χ4v) is 5.62. The van der Waals surface area contributed by atoms with Gasteiger partial charge in [0, 0.05) is 56.0 Å². The summed E-state index contributed by atoms with van der Waals surface area (Å²) in [6.07, 6.45) is 2.34. The maximum atomic E-state index is 13.8. The molecule has 0 spiro atoms. The van der Waals surface area contributed by atoms with Crippen molar-refractivity contribution in [2.45, 2.75) is 64.3 Å². The van der Waals surface area contributed by atoms with Crippen LogP contribution in [-0.4, -0.2) is 106 Å². The molecule has 1 aliphatic carbocycles. The van der Waals surface area contributed by atoms with E-state index in [1.54, 1.807) is 6.08 Å². The summed E-state index contributed by atoms with van der Waals surface area (Å²) in [6.45, 7) is 6.42. The second-order valence-corrected chi connectivity index (χ2v) is 11.9. The molecule has 2 amide bonds. The van der Waals surface area contributed by atoms with E-state index < -0.39 is 54.3 Å². The Hall–Kier alpha value is -3.62. The number of allylic oxidation sites excluding steroid dienone is 4. The number of aliphatic hydroxyl groups is 1. The molecule has 3 aliphatic heterocycles. The Balaban J connectivity index is 2.09. The van der Waals surface area contributed by atoms with Crippen LogP contribution >= 0.6 is 0 Å². The van der Waals surface area contributed by atoms with Crippen molar-refractivity contribution in [2.75, 3.05) is 41.4 Å². The number of aliphatic hydroxyl groups excluding tert-OH is 1. The molecule has 0 aromatic rings. The number of methoxy groups -OCH3 is 2. The topological polar surface area (TPSA) is 179 Å². The van der Waals surface area contributed by atoms with Gasteiger partial charge in [0.1, 0.15) is 6.10 Å². The molecule has 7 atom stereocenters. The number of likely N-dealkylation sites (N-methyl/N-ethyl adjacent to an activating group) is 1. The van der Waals surface area contributed by atoms with Crippen molar-refractivity contribution in [1.29, 1.82) is 0 Å². The fraction of sp³-hybridized carbons (Fsp3) is 0.562. The Morgan fingerprint density at radius 3 is 2.53 bits per heavy atom. The molecule has 3 unspecified atom stereocenters. The molecule has 4 aliphatic rings. The second kappa shape index (κ2) is 16.1. The second-order valence-electron chi connectivity index (χ2n) is 11.9. The van der Waals surface area contributed by atoms with Crippen LogP contribution < -0.4 is 16.4 Å². The van der Waals surface area contributed by atoms with E-state index in [0.29, 0.717) is 19.5 Å². The van der Waals surface area contributed by atoms with Crippen molar-refractivity contribution in [1.82, 2.24) is 15.5 Å². The minimum Gasteiger partial charge on any atom is -0.439 e. The van der Waals surface area contributed by atoms with E-state index in [1.165, 1.54) is 39.4 Å². The lowest BCUT2D eigenvalue weighted by atomic mass is 9.84. The number of carbonyl (C=O) groups excluding carboxylic acids is 4. The first-order valence-corrected chi connectivity index (χ1v) is 14.9. The van der Waals surface area contributed by atoms with Crippen LogP contribution in [0.1, 0.15) is 33.6 Å². The summed E-state index contributed by atoms with van der Waals surface area (Å²) in [4.78, 5) is 53.9. The molecular formula is C32H46N4O9. The molecule has 13 heteroatoms. The van der Waals surface area contributed by atoms with Gasteiger partial charge >= 0.3 is 6.09 Å². The van der Waals surface area contributed by atoms with Crippen molar-refractivity contribution in [3.63, 3.8) is 0 Å². The number of fused-ring (bicyclic) bond motifs is 10. The van der Waals surface area contributed by atoms with Gasteiger partial charge in [-0.3, -0.25) is 14.4 Å². The molecule has 5 N–H and O–H groups in total. The van der Waals surface area contributed by atoms with Gasteiger partial charge in [-0.05, 0) is 39.8 Å². The lowest BCUT2D eigenvalue weighted by Crippen LogP contribution is -2.47. The average molecular weight is 631 g/mol. The van der Waals surface area contributed by atoms with Gasteiger partial charge in [0.2, 0.25) is 11.6 Å². The number of Topliss-reactive ketones (excluding diaryl/α,β-unsaturated/α-hetero) is 1. The summed E-state index contributed by atoms with van der Waals surface area (Å²) in [5.74, 6) is -1.93. The third-order valence-electron chi connectivity index (χ3n) is 8.00. The number of nitrogens with two attached hydrogens (primary N) is 1. The first kappa shape index (κ1) is 35.9. The van der Waals surface area contributed by atoms with Gasteiger partial charge in [-0.2, -0.15) is 0 Å². The van der Waals surface area contributed by atoms with Gasteiger partial charge in [0.15, 0.2) is 12.4 Å². The first-order valence-electron chi connectivity index (χ1n) is 14.9. The molecule has 0 radical (unpaired) electrons. The zero-order valence-corrected chi connectivity index (χ0v) is 27.0. The molecule has 248 valence electrons. The highest BCUT2D eigenvalue weighted by atomic mass is 16.6. The summed E-state index contributed by atoms with van der Waals surface area (Å²) >= 11 is 0. The lowest BCUT2D eigenvalue weighted by Gasteiger charge is -2.39. The number of ketones is 2. The maximum Gasteiger partial charge on any atom is 0.405 e. The van der Waals surface area contributed by atoms with E-state index in [9.17, 15) is 24.3 Å². The number of ether oxygens (including phenoxy) is 4. The van der Waals surface area contributed by atoms with Crippen LogP contribution in [0.4, 0.5) is 4.79 Å². The fourth-order valence-electron chi connectivity index (χ4n) is 5.62. The molecule has 0 aromatic carbocycles. The van der Waals surface area contributed by atoms with Crippen molar-refractivity contribution in [3.8, 4) is 0 Å². The zero-order valence-electron chi connectivity index (χ0n) is 27.0. The summed E-state index contributed by atoms with van der Waals surface area (Å²) in [7, 11) is 6.74. The minimum atomic E-state index is -1.47. The number of nitrogens with zero attached hydrogens (tertiary/aromatic N) is 1. The predicted octanol–water partition coefficient (Wildman–Crippen LogP) is 1.25. The largest absolute Gasteiger partial charge is 0.439 e. The molecule has 0 fully saturated rings. The van der Waals surface area contributed by atoms with Crippen molar-refractivity contribution in [3.05, 3.63) is 58.5 Å². The SMILES string of the molecule is CO[C@H]1C[C@H](C)CC2=C(NCCN(C)C)C(=O)C=C(NC(=O)/C(C)=C/C=C\[C@H](OC)[C@@H](OC(N)=O)C3=CC(C)C1OC3O)C2=O. The molecule has 13 nitrogen and oxygen atoms in total. The number of carbonyl (C=O) groups is 4. The Morgan fingerprint density at radius 2 is 1.91 bits per heavy atom. The van der Waals surface area contributed by atoms with Crippen LogP contribution in [0.15, 0.2) is 58.5 Å². The molecule has 0 saturated heterocycles. The number of rotatable bonds is 7. The van der Waals surface area contributed by atoms with Gasteiger partial charge in [0.25, 0.3) is 5.91 Å². The van der Waals surface area contributed by atoms with E-state index in [-0.39, 0.29) is 46.4 Å². The van der Waals surface area contributed by atoms with Crippen LogP contribution in [0.2, 0.25) is 0 Å². The van der Waals surface area contributed by atoms with Crippen LogP contribution in [0.3, 0.4) is 0 Å². The molecular weight excluding hydrogens is 584 g/mol. The van der Waals surface area contributed by atoms with E-state index in [0.717, 1.165) is 6.08 Å². The highest BCUT2D eigenvalue weighted by molar-refractivity contribution is 6.23. The van der Waals surface area contributed by atoms with Crippen LogP contribution in [0.5, 0.6) is 0 Å². The van der Waals surface area contributed by atoms with Crippen LogP contribution in [0.25, 0.3) is 0 Å². The molecule has 45 heavy (non-hydrogen) atoms. The monoisotopic (exact) mass is 630 g/mol. The molecule has 0 aromatic heterocycles. The Kier molecular flexibility index (Phi) is 12.8. The van der Waals surface area contributed by atoms with E-state index in [1.807, 2.05) is 32.8 Å². The minimum absolute atomic E-state index is 0.113. The summed E-state index contributed by atoms with van der Waals surface area (Å²) in [6, 6.07) is 0. The van der Waals surface area contributed by atoms with E-state index in [2.05, 4.69) is 10.6 Å². The smallest absolute Gasteiger partial charge is 0.405 e. The molecule has 3 heterocycles. The predicted molar refractivity (Wildman–Crippen MR) is 165 cm³/mol. The third-order valence-corrected chi connectivity index (χ3v) is 8.00. The van der Waals surface area contributed by atoms with Gasteiger partial charge in [-0.1, -0.05) is 38.2 Å². The van der Waals surface area contributed by atoms with Crippen LogP contribution in [0, 0.1) is 11.8 Å². The Morgan fingerprint density at radius 1 is 1.20 bits per heavy atom. The van der Waals surface area contributed by atoms with Crippen molar-refractivity contribution >= 4 is 23.6 Å². The van der Waals surface area contributed by atoms with Crippen molar-refractivity contribution < 1.29 is 43.2 Å². The number of hydrogen-bond donors (Lipinski definition) is 4. The third kappa shape index (κ3) is 9.21.